The van der Waals surface area contributed by atoms with Gasteiger partial charge in [-0.15, -0.1) is 0 Å². The smallest absolute Gasteiger partial charge is 0.226 e. The second kappa shape index (κ2) is 4.86. The summed E-state index contributed by atoms with van der Waals surface area (Å²) in [6.07, 6.45) is 0.681. The highest BCUT2D eigenvalue weighted by Crippen LogP contribution is 2.37. The van der Waals surface area contributed by atoms with Gasteiger partial charge in [0.05, 0.1) is 0 Å². The molecule has 0 saturated heterocycles. The van der Waals surface area contributed by atoms with Crippen molar-refractivity contribution in [1.82, 2.24) is 9.97 Å². The largest absolute Gasteiger partial charge is 0.373 e. The summed E-state index contributed by atoms with van der Waals surface area (Å²) >= 11 is 5.89. The van der Waals surface area contributed by atoms with Gasteiger partial charge in [-0.2, -0.15) is 4.98 Å². The van der Waals surface area contributed by atoms with E-state index in [1.807, 2.05) is 0 Å². The minimum Gasteiger partial charge on any atom is -0.373 e. The zero-order valence-electron chi connectivity index (χ0n) is 10.6. The van der Waals surface area contributed by atoms with E-state index in [1.54, 1.807) is 11.9 Å². The molecule has 20 heavy (non-hydrogen) atoms. The van der Waals surface area contributed by atoms with Gasteiger partial charge in [0, 0.05) is 30.9 Å². The lowest BCUT2D eigenvalue weighted by molar-refractivity contribution is 0.583. The molecule has 3 rings (SSSR count). The first kappa shape index (κ1) is 13.1. The molecule has 0 fully saturated rings. The third-order valence-electron chi connectivity index (χ3n) is 3.19. The number of anilines is 3. The molecule has 1 N–H and O–H groups in total. The van der Waals surface area contributed by atoms with Crippen molar-refractivity contribution in [2.45, 2.75) is 6.42 Å². The van der Waals surface area contributed by atoms with E-state index in [1.165, 1.54) is 12.1 Å². The Labute approximate surface area is 119 Å². The monoisotopic (exact) mass is 296 g/mol. The Morgan fingerprint density at radius 3 is 2.55 bits per heavy atom. The van der Waals surface area contributed by atoms with Gasteiger partial charge in [0.1, 0.15) is 23.3 Å². The van der Waals surface area contributed by atoms with Crippen LogP contribution in [0.2, 0.25) is 5.28 Å². The van der Waals surface area contributed by atoms with Gasteiger partial charge in [-0.25, -0.2) is 13.8 Å². The molecule has 1 aliphatic rings. The van der Waals surface area contributed by atoms with Gasteiger partial charge >= 0.3 is 0 Å². The first-order chi connectivity index (χ1) is 9.58. The van der Waals surface area contributed by atoms with E-state index in [0.717, 1.165) is 11.6 Å². The van der Waals surface area contributed by atoms with Gasteiger partial charge in [-0.3, -0.25) is 0 Å². The number of halogens is 3. The normalized spacial score (nSPS) is 13.5. The molecular formula is C13H11ClF2N4. The van der Waals surface area contributed by atoms with Crippen LogP contribution in [0.1, 0.15) is 5.56 Å². The van der Waals surface area contributed by atoms with Crippen molar-refractivity contribution in [2.75, 3.05) is 23.8 Å². The molecule has 0 atom stereocenters. The van der Waals surface area contributed by atoms with Crippen molar-refractivity contribution in [3.05, 3.63) is 40.7 Å². The number of fused-ring (bicyclic) bond motifs is 1. The molecule has 0 aliphatic carbocycles. The number of aromatic nitrogens is 2. The van der Waals surface area contributed by atoms with Crippen LogP contribution in [-0.2, 0) is 6.42 Å². The predicted octanol–water partition coefficient (Wildman–Crippen LogP) is 3.14. The van der Waals surface area contributed by atoms with E-state index in [2.05, 4.69) is 15.3 Å². The average Bonchev–Trinajstić information content (AvgIpc) is 2.80. The molecule has 0 unspecified atom stereocenters. The lowest BCUT2D eigenvalue weighted by Crippen LogP contribution is -2.15. The van der Waals surface area contributed by atoms with E-state index in [4.69, 9.17) is 11.6 Å². The average molecular weight is 297 g/mol. The minimum absolute atomic E-state index is 0.0943. The summed E-state index contributed by atoms with van der Waals surface area (Å²) in [5, 5.41) is 3.05. The number of nitrogens with one attached hydrogen (secondary N) is 1. The highest BCUT2D eigenvalue weighted by Gasteiger charge is 2.26. The molecule has 1 aromatic heterocycles. The van der Waals surface area contributed by atoms with Crippen molar-refractivity contribution in [3.8, 4) is 0 Å². The molecule has 1 aliphatic heterocycles. The van der Waals surface area contributed by atoms with Crippen LogP contribution in [0, 0.1) is 11.6 Å². The van der Waals surface area contributed by atoms with Crippen molar-refractivity contribution in [3.63, 3.8) is 0 Å². The molecule has 0 saturated carbocycles. The molecular weight excluding hydrogens is 286 g/mol. The number of benzene rings is 1. The van der Waals surface area contributed by atoms with E-state index >= 15 is 0 Å². The summed E-state index contributed by atoms with van der Waals surface area (Å²) in [5.74, 6) is -0.0244. The molecule has 1 aromatic carbocycles. The van der Waals surface area contributed by atoms with Gasteiger partial charge < -0.3 is 10.2 Å². The van der Waals surface area contributed by atoms with Crippen LogP contribution >= 0.6 is 11.6 Å². The van der Waals surface area contributed by atoms with Gasteiger partial charge in [0.25, 0.3) is 0 Å². The van der Waals surface area contributed by atoms with Crippen molar-refractivity contribution < 1.29 is 8.78 Å². The Morgan fingerprint density at radius 2 is 1.90 bits per heavy atom. The first-order valence-corrected chi connectivity index (χ1v) is 6.44. The summed E-state index contributed by atoms with van der Waals surface area (Å²) in [5.41, 5.74) is 1.31. The van der Waals surface area contributed by atoms with E-state index in [9.17, 15) is 8.78 Å². The standard InChI is InChI=1S/C13H11ClF2N4/c1-17-11-10-2-3-20(12(10)19-13(14)18-11)9-5-7(15)4-8(16)6-9/h4-6H,2-3H2,1H3,(H,17,18,19). The van der Waals surface area contributed by atoms with Crippen LogP contribution in [-0.4, -0.2) is 23.6 Å². The number of hydrogen-bond acceptors (Lipinski definition) is 4. The summed E-state index contributed by atoms with van der Waals surface area (Å²) in [6.45, 7) is 0.571. The van der Waals surface area contributed by atoms with E-state index < -0.39 is 11.6 Å². The fourth-order valence-electron chi connectivity index (χ4n) is 2.38. The summed E-state index contributed by atoms with van der Waals surface area (Å²) in [7, 11) is 1.74. The van der Waals surface area contributed by atoms with Gasteiger partial charge in [0.15, 0.2) is 0 Å². The van der Waals surface area contributed by atoms with Crippen LogP contribution in [0.15, 0.2) is 18.2 Å². The Hall–Kier alpha value is -1.95. The Bertz CT molecular complexity index is 657. The lowest BCUT2D eigenvalue weighted by atomic mass is 10.2. The maximum Gasteiger partial charge on any atom is 0.226 e. The summed E-state index contributed by atoms with van der Waals surface area (Å²) in [4.78, 5) is 10.0. The maximum atomic E-state index is 13.3. The third kappa shape index (κ3) is 2.16. The fourth-order valence-corrected chi connectivity index (χ4v) is 2.55. The van der Waals surface area contributed by atoms with Crippen molar-refractivity contribution in [1.29, 1.82) is 0 Å². The Balaban J connectivity index is 2.10. The topological polar surface area (TPSA) is 41.1 Å². The number of nitrogens with zero attached hydrogens (tertiary/aromatic N) is 3. The zero-order chi connectivity index (χ0) is 14.3. The van der Waals surface area contributed by atoms with Gasteiger partial charge in [0.2, 0.25) is 5.28 Å². The molecule has 0 radical (unpaired) electrons. The minimum atomic E-state index is -0.623. The number of rotatable bonds is 2. The third-order valence-corrected chi connectivity index (χ3v) is 3.36. The molecule has 0 spiro atoms. The van der Waals surface area contributed by atoms with Crippen LogP contribution in [0.4, 0.5) is 26.1 Å². The Kier molecular flexibility index (Phi) is 3.17. The van der Waals surface area contributed by atoms with Crippen LogP contribution in [0.5, 0.6) is 0 Å². The summed E-state index contributed by atoms with van der Waals surface area (Å²) in [6, 6.07) is 3.38. The SMILES string of the molecule is CNc1nc(Cl)nc2c1CCN2c1cc(F)cc(F)c1. The zero-order valence-corrected chi connectivity index (χ0v) is 11.4. The van der Waals surface area contributed by atoms with E-state index in [-0.39, 0.29) is 5.28 Å². The van der Waals surface area contributed by atoms with Crippen LogP contribution in [0.3, 0.4) is 0 Å². The van der Waals surface area contributed by atoms with Crippen LogP contribution in [0.25, 0.3) is 0 Å². The fraction of sp³-hybridized carbons (Fsp3) is 0.231. The lowest BCUT2D eigenvalue weighted by Gasteiger charge is -2.19. The van der Waals surface area contributed by atoms with Gasteiger partial charge in [-0.1, -0.05) is 0 Å². The quantitative estimate of drug-likeness (QED) is 0.865. The molecule has 0 bridgehead atoms. The maximum absolute atomic E-state index is 13.3. The number of hydrogen-bond donors (Lipinski definition) is 1. The highest BCUT2D eigenvalue weighted by atomic mass is 35.5. The van der Waals surface area contributed by atoms with Crippen molar-refractivity contribution >= 4 is 28.9 Å². The molecule has 2 aromatic rings. The first-order valence-electron chi connectivity index (χ1n) is 6.06. The molecule has 4 nitrogen and oxygen atoms in total. The molecule has 104 valence electrons. The Morgan fingerprint density at radius 1 is 1.20 bits per heavy atom. The second-order valence-electron chi connectivity index (χ2n) is 4.42. The van der Waals surface area contributed by atoms with Crippen molar-refractivity contribution in [2.24, 2.45) is 0 Å². The second-order valence-corrected chi connectivity index (χ2v) is 4.76. The van der Waals surface area contributed by atoms with Gasteiger partial charge in [-0.05, 0) is 30.2 Å². The van der Waals surface area contributed by atoms with E-state index in [0.29, 0.717) is 30.3 Å². The molecule has 0 amide bonds. The highest BCUT2D eigenvalue weighted by molar-refractivity contribution is 6.28. The summed E-state index contributed by atoms with van der Waals surface area (Å²) < 4.78 is 26.7. The predicted molar refractivity (Wildman–Crippen MR) is 73.7 cm³/mol. The molecule has 7 heteroatoms. The molecule has 2 heterocycles. The van der Waals surface area contributed by atoms with Crippen LogP contribution < -0.4 is 10.2 Å².